The second kappa shape index (κ2) is 9.16. The third-order valence-corrected chi connectivity index (χ3v) is 6.34. The Morgan fingerprint density at radius 1 is 1.27 bits per heavy atom. The number of nitrogens with one attached hydrogen (secondary N) is 1. The van der Waals surface area contributed by atoms with Crippen LogP contribution in [0.1, 0.15) is 45.1 Å². The minimum Gasteiger partial charge on any atom is -0.468 e. The minimum atomic E-state index is -0.896. The largest absolute Gasteiger partial charge is 0.468 e. The first-order valence-corrected chi connectivity index (χ1v) is 10.8. The zero-order valence-corrected chi connectivity index (χ0v) is 19.2. The highest BCUT2D eigenvalue weighted by molar-refractivity contribution is 9.10. The Balaban J connectivity index is 2.18. The van der Waals surface area contributed by atoms with Crippen LogP contribution in [-0.4, -0.2) is 31.4 Å². The molecule has 0 fully saturated rings. The number of dihydropyridines is 1. The maximum atomic E-state index is 13.6. The molecule has 0 saturated heterocycles. The van der Waals surface area contributed by atoms with E-state index in [-0.39, 0.29) is 11.7 Å². The molecule has 0 aromatic heterocycles. The van der Waals surface area contributed by atoms with Gasteiger partial charge >= 0.3 is 11.9 Å². The van der Waals surface area contributed by atoms with Crippen LogP contribution in [0, 0.1) is 11.8 Å². The summed E-state index contributed by atoms with van der Waals surface area (Å²) in [6, 6.07) is 7.48. The van der Waals surface area contributed by atoms with Gasteiger partial charge in [-0.1, -0.05) is 48.0 Å². The Bertz CT molecular complexity index is 949. The third kappa shape index (κ3) is 3.95. The molecule has 1 aliphatic carbocycles. The summed E-state index contributed by atoms with van der Waals surface area (Å²) in [5.41, 5.74) is 3.01. The number of ketones is 1. The van der Waals surface area contributed by atoms with E-state index in [1.165, 1.54) is 7.11 Å². The molecule has 0 amide bonds. The van der Waals surface area contributed by atoms with E-state index in [1.54, 1.807) is 0 Å². The number of hydrogen-bond donors (Lipinski definition) is 1. The van der Waals surface area contributed by atoms with E-state index in [1.807, 2.05) is 45.0 Å². The number of halogens is 1. The van der Waals surface area contributed by atoms with Crippen molar-refractivity contribution in [2.75, 3.05) is 13.7 Å². The molecule has 1 aromatic carbocycles. The molecule has 30 heavy (non-hydrogen) atoms. The Hall–Kier alpha value is -2.41. The zero-order valence-electron chi connectivity index (χ0n) is 17.6. The van der Waals surface area contributed by atoms with Crippen LogP contribution < -0.4 is 5.32 Å². The molecular formula is C23H26BrNO5. The van der Waals surface area contributed by atoms with Crippen molar-refractivity contribution < 1.29 is 23.9 Å². The lowest BCUT2D eigenvalue weighted by Crippen LogP contribution is -2.43. The van der Waals surface area contributed by atoms with E-state index >= 15 is 0 Å². The number of esters is 2. The van der Waals surface area contributed by atoms with Gasteiger partial charge in [-0.05, 0) is 37.3 Å². The lowest BCUT2D eigenvalue weighted by molar-refractivity contribution is -0.151. The predicted octanol–water partition coefficient (Wildman–Crippen LogP) is 4.02. The Labute approximate surface area is 184 Å². The van der Waals surface area contributed by atoms with Crippen LogP contribution in [0.5, 0.6) is 0 Å². The summed E-state index contributed by atoms with van der Waals surface area (Å²) in [6.07, 6.45) is 1.20. The molecule has 2 aliphatic rings. The number of Topliss-reactive ketones (excluding diaryl/α,β-unsaturated/α-hetero) is 1. The van der Waals surface area contributed by atoms with Crippen molar-refractivity contribution in [1.82, 2.24) is 5.32 Å². The van der Waals surface area contributed by atoms with Gasteiger partial charge in [0, 0.05) is 27.4 Å². The number of methoxy groups -OCH3 is 1. The van der Waals surface area contributed by atoms with E-state index < -0.39 is 23.8 Å². The number of allylic oxidation sites excluding steroid dienone is 3. The molecule has 1 heterocycles. The van der Waals surface area contributed by atoms with Crippen molar-refractivity contribution >= 4 is 33.7 Å². The van der Waals surface area contributed by atoms with Gasteiger partial charge < -0.3 is 14.8 Å². The molecule has 1 N–H and O–H groups in total. The molecule has 0 unspecified atom stereocenters. The first-order chi connectivity index (χ1) is 14.3. The number of ether oxygens (including phenoxy) is 2. The molecule has 0 spiro atoms. The Kier molecular flexibility index (Phi) is 6.81. The van der Waals surface area contributed by atoms with Gasteiger partial charge in [0.15, 0.2) is 5.78 Å². The van der Waals surface area contributed by atoms with Crippen LogP contribution in [-0.2, 0) is 23.9 Å². The maximum Gasteiger partial charge on any atom is 0.336 e. The van der Waals surface area contributed by atoms with Crippen LogP contribution in [0.25, 0.3) is 0 Å². The monoisotopic (exact) mass is 475 g/mol. The number of rotatable bonds is 5. The number of benzene rings is 1. The molecule has 3 rings (SSSR count). The fourth-order valence-electron chi connectivity index (χ4n) is 4.24. The van der Waals surface area contributed by atoms with Crippen molar-refractivity contribution in [2.24, 2.45) is 11.8 Å². The minimum absolute atomic E-state index is 0.211. The summed E-state index contributed by atoms with van der Waals surface area (Å²) < 4.78 is 11.1. The second-order valence-electron chi connectivity index (χ2n) is 7.69. The standard InChI is InChI=1S/C23H26BrNO5/c1-5-10-30-23(28)18-13(3)25-16-11-12(2)17(22(27)29-4)21(26)20(16)19(18)14-8-6-7-9-15(14)24/h6-9,12,17,19,25H,5,10-11H2,1-4H3/t12-,17+,19+/m0/s1. The number of carbonyl (C=O) groups is 3. The third-order valence-electron chi connectivity index (χ3n) is 5.62. The first-order valence-electron chi connectivity index (χ1n) is 10.1. The Morgan fingerprint density at radius 2 is 1.97 bits per heavy atom. The van der Waals surface area contributed by atoms with Crippen LogP contribution in [0.2, 0.25) is 0 Å². The summed E-state index contributed by atoms with van der Waals surface area (Å²) in [5.74, 6) is -3.06. The summed E-state index contributed by atoms with van der Waals surface area (Å²) in [6.45, 7) is 5.90. The average molecular weight is 476 g/mol. The fourth-order valence-corrected chi connectivity index (χ4v) is 4.76. The highest BCUT2D eigenvalue weighted by atomic mass is 79.9. The normalized spacial score (nSPS) is 23.6. The molecule has 1 aromatic rings. The molecule has 3 atom stereocenters. The summed E-state index contributed by atoms with van der Waals surface area (Å²) >= 11 is 3.57. The summed E-state index contributed by atoms with van der Waals surface area (Å²) in [4.78, 5) is 39.0. The fraction of sp³-hybridized carbons (Fsp3) is 0.435. The van der Waals surface area contributed by atoms with Gasteiger partial charge in [0.05, 0.1) is 19.3 Å². The van der Waals surface area contributed by atoms with E-state index in [0.717, 1.165) is 15.7 Å². The lowest BCUT2D eigenvalue weighted by Gasteiger charge is -2.38. The van der Waals surface area contributed by atoms with Gasteiger partial charge in [-0.3, -0.25) is 9.59 Å². The summed E-state index contributed by atoms with van der Waals surface area (Å²) in [5, 5.41) is 3.25. The molecule has 160 valence electrons. The van der Waals surface area contributed by atoms with E-state index in [4.69, 9.17) is 9.47 Å². The molecule has 0 radical (unpaired) electrons. The van der Waals surface area contributed by atoms with Crippen molar-refractivity contribution in [3.05, 3.63) is 56.8 Å². The zero-order chi connectivity index (χ0) is 22.0. The SMILES string of the molecule is CCCOC(=O)C1=C(C)NC2=C(C(=O)[C@H](C(=O)OC)[C@@H](C)C2)[C@@H]1c1ccccc1Br. The van der Waals surface area contributed by atoms with Gasteiger partial charge in [-0.2, -0.15) is 0 Å². The van der Waals surface area contributed by atoms with Crippen LogP contribution in [0.15, 0.2) is 51.3 Å². The van der Waals surface area contributed by atoms with Crippen LogP contribution >= 0.6 is 15.9 Å². The Morgan fingerprint density at radius 3 is 2.60 bits per heavy atom. The molecule has 0 bridgehead atoms. The highest BCUT2D eigenvalue weighted by Crippen LogP contribution is 2.46. The average Bonchev–Trinajstić information content (AvgIpc) is 2.71. The van der Waals surface area contributed by atoms with E-state index in [2.05, 4.69) is 21.2 Å². The van der Waals surface area contributed by atoms with E-state index in [0.29, 0.717) is 36.3 Å². The van der Waals surface area contributed by atoms with Crippen molar-refractivity contribution in [1.29, 1.82) is 0 Å². The van der Waals surface area contributed by atoms with Crippen molar-refractivity contribution in [3.8, 4) is 0 Å². The topological polar surface area (TPSA) is 81.7 Å². The lowest BCUT2D eigenvalue weighted by atomic mass is 9.69. The quantitative estimate of drug-likeness (QED) is 0.511. The highest BCUT2D eigenvalue weighted by Gasteiger charge is 2.47. The predicted molar refractivity (Wildman–Crippen MR) is 115 cm³/mol. The van der Waals surface area contributed by atoms with Gasteiger partial charge in [-0.25, -0.2) is 4.79 Å². The molecule has 6 nitrogen and oxygen atoms in total. The van der Waals surface area contributed by atoms with Crippen molar-refractivity contribution in [2.45, 2.75) is 39.5 Å². The van der Waals surface area contributed by atoms with Crippen molar-refractivity contribution in [3.63, 3.8) is 0 Å². The van der Waals surface area contributed by atoms with E-state index in [9.17, 15) is 14.4 Å². The van der Waals surface area contributed by atoms with Gasteiger partial charge in [0.25, 0.3) is 0 Å². The van der Waals surface area contributed by atoms with Gasteiger partial charge in [0.2, 0.25) is 0 Å². The maximum absolute atomic E-state index is 13.6. The van der Waals surface area contributed by atoms with Gasteiger partial charge in [0.1, 0.15) is 5.92 Å². The molecular weight excluding hydrogens is 450 g/mol. The summed E-state index contributed by atoms with van der Waals surface area (Å²) in [7, 11) is 1.29. The molecule has 1 aliphatic heterocycles. The number of hydrogen-bond acceptors (Lipinski definition) is 6. The smallest absolute Gasteiger partial charge is 0.336 e. The van der Waals surface area contributed by atoms with Crippen LogP contribution in [0.4, 0.5) is 0 Å². The second-order valence-corrected chi connectivity index (χ2v) is 8.55. The number of carbonyl (C=O) groups excluding carboxylic acids is 3. The first kappa shape index (κ1) is 22.3. The van der Waals surface area contributed by atoms with Gasteiger partial charge in [-0.15, -0.1) is 0 Å². The molecule has 7 heteroatoms. The molecule has 0 saturated carbocycles. The van der Waals surface area contributed by atoms with Crippen LogP contribution in [0.3, 0.4) is 0 Å².